The maximum Gasteiger partial charge on any atom is 0.230 e. The largest absolute Gasteiger partial charge is 0.423 e. The van der Waals surface area contributed by atoms with Crippen molar-refractivity contribution in [2.45, 2.75) is 58.5 Å². The predicted molar refractivity (Wildman–Crippen MR) is 74.6 cm³/mol. The van der Waals surface area contributed by atoms with Gasteiger partial charge in [-0.15, -0.1) is 10.2 Å². The SMILES string of the molecule is CC1CCCN(Cc2nnc(C(C)(C)C)o2)C1CN. The first kappa shape index (κ1) is 14.5. The highest BCUT2D eigenvalue weighted by Crippen LogP contribution is 2.25. The molecule has 2 atom stereocenters. The van der Waals surface area contributed by atoms with Crippen molar-refractivity contribution in [3.05, 3.63) is 11.8 Å². The van der Waals surface area contributed by atoms with E-state index >= 15 is 0 Å². The summed E-state index contributed by atoms with van der Waals surface area (Å²) in [7, 11) is 0. The second-order valence-corrected chi connectivity index (χ2v) is 6.64. The Hall–Kier alpha value is -0.940. The van der Waals surface area contributed by atoms with E-state index in [0.29, 0.717) is 30.3 Å². The number of rotatable bonds is 3. The van der Waals surface area contributed by atoms with E-state index in [4.69, 9.17) is 10.2 Å². The molecule has 5 heteroatoms. The van der Waals surface area contributed by atoms with Gasteiger partial charge in [-0.25, -0.2) is 0 Å². The number of nitrogens with two attached hydrogens (primary N) is 1. The highest BCUT2D eigenvalue weighted by molar-refractivity contribution is 4.96. The van der Waals surface area contributed by atoms with E-state index < -0.39 is 0 Å². The molecule has 1 aromatic heterocycles. The third-order valence-electron chi connectivity index (χ3n) is 3.92. The summed E-state index contributed by atoms with van der Waals surface area (Å²) in [6, 6.07) is 0.429. The monoisotopic (exact) mass is 266 g/mol. The molecule has 2 unspecified atom stereocenters. The summed E-state index contributed by atoms with van der Waals surface area (Å²) in [5.74, 6) is 2.05. The van der Waals surface area contributed by atoms with E-state index in [1.165, 1.54) is 12.8 Å². The van der Waals surface area contributed by atoms with Crippen LogP contribution in [0.15, 0.2) is 4.42 Å². The lowest BCUT2D eigenvalue weighted by Gasteiger charge is -2.38. The quantitative estimate of drug-likeness (QED) is 0.905. The first-order chi connectivity index (χ1) is 8.91. The fourth-order valence-electron chi connectivity index (χ4n) is 2.71. The van der Waals surface area contributed by atoms with Crippen molar-refractivity contribution in [3.63, 3.8) is 0 Å². The van der Waals surface area contributed by atoms with E-state index in [-0.39, 0.29) is 5.41 Å². The van der Waals surface area contributed by atoms with Gasteiger partial charge in [-0.05, 0) is 25.3 Å². The Bertz CT molecular complexity index is 410. The lowest BCUT2D eigenvalue weighted by atomic mass is 9.91. The number of nitrogens with zero attached hydrogens (tertiary/aromatic N) is 3. The highest BCUT2D eigenvalue weighted by Gasteiger charge is 2.29. The number of aromatic nitrogens is 2. The molecule has 2 rings (SSSR count). The Labute approximate surface area is 115 Å². The molecular formula is C14H26N4O. The minimum absolute atomic E-state index is 0.0896. The third kappa shape index (κ3) is 3.34. The minimum Gasteiger partial charge on any atom is -0.423 e. The van der Waals surface area contributed by atoms with Crippen LogP contribution in [0.1, 0.15) is 52.3 Å². The Morgan fingerprint density at radius 1 is 1.37 bits per heavy atom. The van der Waals surface area contributed by atoms with Gasteiger partial charge < -0.3 is 10.2 Å². The molecular weight excluding hydrogens is 240 g/mol. The van der Waals surface area contributed by atoms with Crippen LogP contribution in [-0.2, 0) is 12.0 Å². The molecule has 0 amide bonds. The molecule has 2 heterocycles. The fraction of sp³-hybridized carbons (Fsp3) is 0.857. The van der Waals surface area contributed by atoms with Gasteiger partial charge in [-0.2, -0.15) is 0 Å². The van der Waals surface area contributed by atoms with E-state index in [0.717, 1.165) is 13.1 Å². The lowest BCUT2D eigenvalue weighted by Crippen LogP contribution is -2.48. The molecule has 19 heavy (non-hydrogen) atoms. The summed E-state index contributed by atoms with van der Waals surface area (Å²) in [6.45, 7) is 11.0. The summed E-state index contributed by atoms with van der Waals surface area (Å²) < 4.78 is 5.77. The first-order valence-electron chi connectivity index (χ1n) is 7.19. The second-order valence-electron chi connectivity index (χ2n) is 6.64. The Morgan fingerprint density at radius 2 is 2.11 bits per heavy atom. The number of hydrogen-bond donors (Lipinski definition) is 1. The number of piperidine rings is 1. The number of hydrogen-bond acceptors (Lipinski definition) is 5. The maximum absolute atomic E-state index is 5.90. The third-order valence-corrected chi connectivity index (χ3v) is 3.92. The predicted octanol–water partition coefficient (Wildman–Crippen LogP) is 1.93. The number of likely N-dealkylation sites (tertiary alicyclic amines) is 1. The molecule has 108 valence electrons. The molecule has 0 spiro atoms. The molecule has 0 aliphatic carbocycles. The van der Waals surface area contributed by atoms with Crippen molar-refractivity contribution >= 4 is 0 Å². The zero-order chi connectivity index (χ0) is 14.0. The molecule has 1 fully saturated rings. The van der Waals surface area contributed by atoms with Gasteiger partial charge in [0.2, 0.25) is 11.8 Å². The molecule has 0 saturated carbocycles. The van der Waals surface area contributed by atoms with E-state index in [9.17, 15) is 0 Å². The van der Waals surface area contributed by atoms with Crippen LogP contribution in [0.3, 0.4) is 0 Å². The average molecular weight is 266 g/mol. The van der Waals surface area contributed by atoms with Crippen LogP contribution in [0.25, 0.3) is 0 Å². The van der Waals surface area contributed by atoms with Gasteiger partial charge in [-0.1, -0.05) is 27.7 Å². The van der Waals surface area contributed by atoms with Gasteiger partial charge in [0.15, 0.2) is 0 Å². The van der Waals surface area contributed by atoms with Crippen LogP contribution < -0.4 is 5.73 Å². The molecule has 2 N–H and O–H groups in total. The van der Waals surface area contributed by atoms with Crippen molar-refractivity contribution in [3.8, 4) is 0 Å². The molecule has 0 aromatic carbocycles. The molecule has 1 saturated heterocycles. The molecule has 1 aliphatic rings. The van der Waals surface area contributed by atoms with Crippen molar-refractivity contribution in [1.29, 1.82) is 0 Å². The Kier molecular flexibility index (Phi) is 4.26. The van der Waals surface area contributed by atoms with Crippen LogP contribution in [0.5, 0.6) is 0 Å². The first-order valence-corrected chi connectivity index (χ1v) is 7.19. The smallest absolute Gasteiger partial charge is 0.230 e. The standard InChI is InChI=1S/C14H26N4O/c1-10-6-5-7-18(11(10)8-15)9-12-16-17-13(19-12)14(2,3)4/h10-11H,5-9,15H2,1-4H3. The highest BCUT2D eigenvalue weighted by atomic mass is 16.4. The molecule has 1 aliphatic heterocycles. The molecule has 0 bridgehead atoms. The fourth-order valence-corrected chi connectivity index (χ4v) is 2.71. The summed E-state index contributed by atoms with van der Waals surface area (Å²) in [6.07, 6.45) is 2.48. The summed E-state index contributed by atoms with van der Waals surface area (Å²) in [5.41, 5.74) is 5.81. The topological polar surface area (TPSA) is 68.2 Å². The van der Waals surface area contributed by atoms with Crippen molar-refractivity contribution in [2.75, 3.05) is 13.1 Å². The van der Waals surface area contributed by atoms with Crippen LogP contribution in [0.4, 0.5) is 0 Å². The van der Waals surface area contributed by atoms with Gasteiger partial charge in [0.25, 0.3) is 0 Å². The summed E-state index contributed by atoms with van der Waals surface area (Å²) >= 11 is 0. The Balaban J connectivity index is 2.05. The van der Waals surface area contributed by atoms with Crippen LogP contribution in [-0.4, -0.2) is 34.2 Å². The van der Waals surface area contributed by atoms with Crippen molar-refractivity contribution in [2.24, 2.45) is 11.7 Å². The lowest BCUT2D eigenvalue weighted by molar-refractivity contribution is 0.0889. The summed E-state index contributed by atoms with van der Waals surface area (Å²) in [5, 5.41) is 8.32. The maximum atomic E-state index is 5.90. The van der Waals surface area contributed by atoms with Gasteiger partial charge in [-0.3, -0.25) is 4.90 Å². The summed E-state index contributed by atoms with van der Waals surface area (Å²) in [4.78, 5) is 2.38. The van der Waals surface area contributed by atoms with Gasteiger partial charge >= 0.3 is 0 Å². The van der Waals surface area contributed by atoms with E-state index in [2.05, 4.69) is 42.8 Å². The van der Waals surface area contributed by atoms with Crippen molar-refractivity contribution < 1.29 is 4.42 Å². The molecule has 5 nitrogen and oxygen atoms in total. The van der Waals surface area contributed by atoms with Crippen LogP contribution >= 0.6 is 0 Å². The molecule has 1 aromatic rings. The average Bonchev–Trinajstić information content (AvgIpc) is 2.77. The van der Waals surface area contributed by atoms with Crippen LogP contribution in [0, 0.1) is 5.92 Å². The second kappa shape index (κ2) is 5.59. The zero-order valence-corrected chi connectivity index (χ0v) is 12.5. The van der Waals surface area contributed by atoms with Crippen molar-refractivity contribution in [1.82, 2.24) is 15.1 Å². The minimum atomic E-state index is -0.0896. The van der Waals surface area contributed by atoms with Gasteiger partial charge in [0, 0.05) is 18.0 Å². The van der Waals surface area contributed by atoms with Crippen LogP contribution in [0.2, 0.25) is 0 Å². The Morgan fingerprint density at radius 3 is 2.68 bits per heavy atom. The normalized spacial score (nSPS) is 25.7. The zero-order valence-electron chi connectivity index (χ0n) is 12.5. The van der Waals surface area contributed by atoms with Gasteiger partial charge in [0.1, 0.15) is 0 Å². The van der Waals surface area contributed by atoms with E-state index in [1.807, 2.05) is 0 Å². The molecule has 0 radical (unpaired) electrons. The van der Waals surface area contributed by atoms with E-state index in [1.54, 1.807) is 0 Å². The van der Waals surface area contributed by atoms with Gasteiger partial charge in [0.05, 0.1) is 6.54 Å².